The smallest absolute Gasteiger partial charge is 0.255 e. The van der Waals surface area contributed by atoms with Crippen LogP contribution < -0.4 is 10.1 Å². The zero-order valence-electron chi connectivity index (χ0n) is 12.1. The van der Waals surface area contributed by atoms with E-state index in [1.807, 2.05) is 13.8 Å². The predicted octanol–water partition coefficient (Wildman–Crippen LogP) is 4.66. The number of nitrogens with one attached hydrogen (secondary N) is 1. The van der Waals surface area contributed by atoms with E-state index < -0.39 is 5.91 Å². The minimum absolute atomic E-state index is 0.00326. The van der Waals surface area contributed by atoms with Gasteiger partial charge in [0, 0.05) is 5.56 Å². The second-order valence-corrected chi connectivity index (χ2v) is 5.49. The Morgan fingerprint density at radius 3 is 2.41 bits per heavy atom. The normalized spacial score (nSPS) is 10.4. The van der Waals surface area contributed by atoms with Crippen LogP contribution in [-0.4, -0.2) is 17.6 Å². The third-order valence-electron chi connectivity index (χ3n) is 2.95. The molecule has 0 atom stereocenters. The molecule has 2 N–H and O–H groups in total. The maximum absolute atomic E-state index is 12.2. The first-order chi connectivity index (χ1) is 10.4. The zero-order chi connectivity index (χ0) is 16.3. The van der Waals surface area contributed by atoms with Crippen molar-refractivity contribution in [2.45, 2.75) is 13.8 Å². The van der Waals surface area contributed by atoms with Crippen molar-refractivity contribution in [2.24, 2.45) is 0 Å². The van der Waals surface area contributed by atoms with E-state index in [4.69, 9.17) is 27.9 Å². The Morgan fingerprint density at radius 2 is 1.86 bits per heavy atom. The molecule has 0 aromatic heterocycles. The summed E-state index contributed by atoms with van der Waals surface area (Å²) in [6.07, 6.45) is 0. The van der Waals surface area contributed by atoms with Crippen molar-refractivity contribution < 1.29 is 14.6 Å². The summed E-state index contributed by atoms with van der Waals surface area (Å²) in [6.45, 7) is 4.08. The molecule has 0 unspecified atom stereocenters. The molecule has 116 valence electrons. The SMILES string of the molecule is CCOc1c(Cl)cc(C(=O)Nc2ccc(C)cc2O)cc1Cl. The van der Waals surface area contributed by atoms with Crippen LogP contribution in [0.4, 0.5) is 5.69 Å². The molecule has 0 saturated carbocycles. The molecule has 2 rings (SSSR count). The number of phenols is 1. The van der Waals surface area contributed by atoms with E-state index >= 15 is 0 Å². The second kappa shape index (κ2) is 6.90. The molecular weight excluding hydrogens is 325 g/mol. The Kier molecular flexibility index (Phi) is 5.16. The lowest BCUT2D eigenvalue weighted by Gasteiger charge is -2.11. The number of halogens is 2. The number of hydrogen-bond donors (Lipinski definition) is 2. The lowest BCUT2D eigenvalue weighted by atomic mass is 10.1. The molecule has 1 amide bonds. The molecule has 0 fully saturated rings. The molecule has 0 bridgehead atoms. The van der Waals surface area contributed by atoms with Gasteiger partial charge in [-0.2, -0.15) is 0 Å². The zero-order valence-corrected chi connectivity index (χ0v) is 13.6. The van der Waals surface area contributed by atoms with Crippen molar-refractivity contribution in [3.8, 4) is 11.5 Å². The van der Waals surface area contributed by atoms with Gasteiger partial charge >= 0.3 is 0 Å². The fourth-order valence-electron chi connectivity index (χ4n) is 1.92. The number of carbonyl (C=O) groups excluding carboxylic acids is 1. The molecule has 22 heavy (non-hydrogen) atoms. The Hall–Kier alpha value is -1.91. The number of anilines is 1. The van der Waals surface area contributed by atoms with E-state index in [2.05, 4.69) is 5.32 Å². The monoisotopic (exact) mass is 339 g/mol. The first-order valence-corrected chi connectivity index (χ1v) is 7.40. The van der Waals surface area contributed by atoms with Crippen LogP contribution in [0.25, 0.3) is 0 Å². The fraction of sp³-hybridized carbons (Fsp3) is 0.188. The van der Waals surface area contributed by atoms with Gasteiger partial charge in [-0.05, 0) is 43.7 Å². The summed E-state index contributed by atoms with van der Waals surface area (Å²) in [4.78, 5) is 12.2. The lowest BCUT2D eigenvalue weighted by Crippen LogP contribution is -2.12. The highest BCUT2D eigenvalue weighted by atomic mass is 35.5. The molecule has 0 aliphatic heterocycles. The van der Waals surface area contributed by atoms with Crippen LogP contribution in [0.2, 0.25) is 10.0 Å². The number of carbonyl (C=O) groups is 1. The van der Waals surface area contributed by atoms with E-state index in [0.29, 0.717) is 18.0 Å². The van der Waals surface area contributed by atoms with Crippen molar-refractivity contribution in [3.05, 3.63) is 51.5 Å². The minimum Gasteiger partial charge on any atom is -0.506 e. The van der Waals surface area contributed by atoms with Crippen molar-refractivity contribution in [1.29, 1.82) is 0 Å². The van der Waals surface area contributed by atoms with Gasteiger partial charge in [0.2, 0.25) is 0 Å². The van der Waals surface area contributed by atoms with Crippen molar-refractivity contribution in [2.75, 3.05) is 11.9 Å². The van der Waals surface area contributed by atoms with Crippen molar-refractivity contribution >= 4 is 34.8 Å². The second-order valence-electron chi connectivity index (χ2n) is 4.68. The van der Waals surface area contributed by atoms with Crippen molar-refractivity contribution in [3.63, 3.8) is 0 Å². The van der Waals surface area contributed by atoms with Gasteiger partial charge in [0.25, 0.3) is 5.91 Å². The van der Waals surface area contributed by atoms with Gasteiger partial charge in [0.15, 0.2) is 5.75 Å². The third-order valence-corrected chi connectivity index (χ3v) is 3.51. The van der Waals surface area contributed by atoms with Crippen molar-refractivity contribution in [1.82, 2.24) is 0 Å². The Morgan fingerprint density at radius 1 is 1.23 bits per heavy atom. The van der Waals surface area contributed by atoms with Gasteiger partial charge in [0.1, 0.15) is 5.75 Å². The van der Waals surface area contributed by atoms with E-state index in [-0.39, 0.29) is 21.4 Å². The van der Waals surface area contributed by atoms with Crippen LogP contribution in [0.5, 0.6) is 11.5 Å². The molecular formula is C16H15Cl2NO3. The fourth-order valence-corrected chi connectivity index (χ4v) is 2.51. The first kappa shape index (κ1) is 16.5. The minimum atomic E-state index is -0.425. The van der Waals surface area contributed by atoms with Crippen LogP contribution in [0.3, 0.4) is 0 Å². The van der Waals surface area contributed by atoms with Gasteiger partial charge in [0.05, 0.1) is 22.3 Å². The van der Waals surface area contributed by atoms with E-state index in [0.717, 1.165) is 5.56 Å². The topological polar surface area (TPSA) is 58.6 Å². The van der Waals surface area contributed by atoms with Gasteiger partial charge < -0.3 is 15.2 Å². The molecule has 2 aromatic rings. The highest BCUT2D eigenvalue weighted by Crippen LogP contribution is 2.34. The maximum Gasteiger partial charge on any atom is 0.255 e. The standard InChI is InChI=1S/C16H15Cl2NO3/c1-3-22-15-11(17)7-10(8-12(15)18)16(21)19-13-5-4-9(2)6-14(13)20/h4-8,20H,3H2,1-2H3,(H,19,21). The molecule has 0 heterocycles. The molecule has 0 saturated heterocycles. The molecule has 0 radical (unpaired) electrons. The summed E-state index contributed by atoms with van der Waals surface area (Å²) in [6, 6.07) is 7.92. The quantitative estimate of drug-likeness (QED) is 0.796. The molecule has 0 aliphatic rings. The van der Waals surface area contributed by atoms with Crippen LogP contribution in [-0.2, 0) is 0 Å². The lowest BCUT2D eigenvalue weighted by molar-refractivity contribution is 0.102. The maximum atomic E-state index is 12.2. The van der Waals surface area contributed by atoms with Gasteiger partial charge in [-0.25, -0.2) is 0 Å². The van der Waals surface area contributed by atoms with Crippen LogP contribution >= 0.6 is 23.2 Å². The number of ether oxygens (including phenoxy) is 1. The summed E-state index contributed by atoms with van der Waals surface area (Å²) in [7, 11) is 0. The number of benzene rings is 2. The summed E-state index contributed by atoms with van der Waals surface area (Å²) in [5.41, 5.74) is 1.48. The summed E-state index contributed by atoms with van der Waals surface area (Å²) >= 11 is 12.1. The Balaban J connectivity index is 2.26. The Bertz CT molecular complexity index is 694. The number of rotatable bonds is 4. The van der Waals surface area contributed by atoms with Gasteiger partial charge in [-0.1, -0.05) is 29.3 Å². The van der Waals surface area contributed by atoms with Crippen LogP contribution in [0, 0.1) is 6.92 Å². The third kappa shape index (κ3) is 3.64. The summed E-state index contributed by atoms with van der Waals surface area (Å²) in [5.74, 6) is -0.0805. The average Bonchev–Trinajstić information content (AvgIpc) is 2.45. The molecule has 6 heteroatoms. The first-order valence-electron chi connectivity index (χ1n) is 6.65. The molecule has 4 nitrogen and oxygen atoms in total. The van der Waals surface area contributed by atoms with Crippen LogP contribution in [0.15, 0.2) is 30.3 Å². The molecule has 2 aromatic carbocycles. The largest absolute Gasteiger partial charge is 0.506 e. The predicted molar refractivity (Wildman–Crippen MR) is 88.4 cm³/mol. The summed E-state index contributed by atoms with van der Waals surface area (Å²) in [5, 5.41) is 13.0. The highest BCUT2D eigenvalue weighted by molar-refractivity contribution is 6.37. The average molecular weight is 340 g/mol. The van der Waals surface area contributed by atoms with E-state index in [9.17, 15) is 9.90 Å². The van der Waals surface area contributed by atoms with E-state index in [1.54, 1.807) is 18.2 Å². The highest BCUT2D eigenvalue weighted by Gasteiger charge is 2.15. The molecule has 0 spiro atoms. The number of amides is 1. The number of hydrogen-bond acceptors (Lipinski definition) is 3. The summed E-state index contributed by atoms with van der Waals surface area (Å²) < 4.78 is 5.32. The Labute approximate surface area is 138 Å². The van der Waals surface area contributed by atoms with Crippen LogP contribution in [0.1, 0.15) is 22.8 Å². The van der Waals surface area contributed by atoms with Gasteiger partial charge in [-0.15, -0.1) is 0 Å². The molecule has 0 aliphatic carbocycles. The number of phenolic OH excluding ortho intramolecular Hbond substituents is 1. The van der Waals surface area contributed by atoms with E-state index in [1.165, 1.54) is 12.1 Å². The van der Waals surface area contributed by atoms with Gasteiger partial charge in [-0.3, -0.25) is 4.79 Å². The number of aromatic hydroxyl groups is 1. The number of aryl methyl sites for hydroxylation is 1.